The molecule has 0 fully saturated rings. The fourth-order valence-corrected chi connectivity index (χ4v) is 2.27. The zero-order valence-electron chi connectivity index (χ0n) is 10.4. The summed E-state index contributed by atoms with van der Waals surface area (Å²) in [4.78, 5) is 11.6. The average molecular weight is 266 g/mol. The second-order valence-electron chi connectivity index (χ2n) is 4.82. The lowest BCUT2D eigenvalue weighted by atomic mass is 9.96. The first kappa shape index (κ1) is 14.2. The van der Waals surface area contributed by atoms with Gasteiger partial charge in [0.25, 0.3) is 10.0 Å². The Hall–Kier alpha value is -1.87. The van der Waals surface area contributed by atoms with Crippen LogP contribution in [-0.4, -0.2) is 14.3 Å². The van der Waals surface area contributed by atoms with Gasteiger partial charge in [0.15, 0.2) is 0 Å². The zero-order chi connectivity index (χ0) is 14.0. The third-order valence-corrected chi connectivity index (χ3v) is 3.51. The van der Waals surface area contributed by atoms with E-state index in [0.717, 1.165) is 0 Å². The highest BCUT2D eigenvalue weighted by atomic mass is 32.2. The highest BCUT2D eigenvalue weighted by Crippen LogP contribution is 2.16. The maximum Gasteiger partial charge on any atom is 0.264 e. The molecule has 0 saturated heterocycles. The first-order valence-electron chi connectivity index (χ1n) is 5.24. The van der Waals surface area contributed by atoms with E-state index < -0.39 is 21.3 Å². The van der Waals surface area contributed by atoms with E-state index in [4.69, 9.17) is 5.26 Å². The molecule has 96 valence electrons. The molecule has 1 aromatic carbocycles. The molecule has 0 aromatic heterocycles. The molecular formula is C12H14N2O3S. The van der Waals surface area contributed by atoms with E-state index >= 15 is 0 Å². The summed E-state index contributed by atoms with van der Waals surface area (Å²) < 4.78 is 25.8. The van der Waals surface area contributed by atoms with E-state index in [0.29, 0.717) is 0 Å². The SMILES string of the molecule is CC(C)(C)C(=O)NS(=O)(=O)c1cccc(C#N)c1. The van der Waals surface area contributed by atoms with Crippen LogP contribution in [0.15, 0.2) is 29.2 Å². The summed E-state index contributed by atoms with van der Waals surface area (Å²) in [6, 6.07) is 7.34. The summed E-state index contributed by atoms with van der Waals surface area (Å²) in [6.45, 7) is 4.84. The van der Waals surface area contributed by atoms with Crippen LogP contribution in [0.25, 0.3) is 0 Å². The van der Waals surface area contributed by atoms with Crippen LogP contribution in [0.4, 0.5) is 0 Å². The Bertz CT molecular complexity index is 607. The van der Waals surface area contributed by atoms with Crippen molar-refractivity contribution in [1.82, 2.24) is 4.72 Å². The lowest BCUT2D eigenvalue weighted by Crippen LogP contribution is -2.38. The van der Waals surface area contributed by atoms with E-state index in [-0.39, 0.29) is 10.5 Å². The van der Waals surface area contributed by atoms with Crippen molar-refractivity contribution in [2.75, 3.05) is 0 Å². The highest BCUT2D eigenvalue weighted by molar-refractivity contribution is 7.90. The largest absolute Gasteiger partial charge is 0.273 e. The maximum atomic E-state index is 11.9. The van der Waals surface area contributed by atoms with Crippen molar-refractivity contribution in [2.24, 2.45) is 5.41 Å². The smallest absolute Gasteiger partial charge is 0.264 e. The number of hydrogen-bond donors (Lipinski definition) is 1. The van der Waals surface area contributed by atoms with Crippen LogP contribution in [0.2, 0.25) is 0 Å². The van der Waals surface area contributed by atoms with Gasteiger partial charge in [0.1, 0.15) is 0 Å². The van der Waals surface area contributed by atoms with Gasteiger partial charge in [-0.15, -0.1) is 0 Å². The third-order valence-electron chi connectivity index (χ3n) is 2.18. The minimum Gasteiger partial charge on any atom is -0.273 e. The minimum absolute atomic E-state index is 0.0980. The molecular weight excluding hydrogens is 252 g/mol. The van der Waals surface area contributed by atoms with Gasteiger partial charge < -0.3 is 0 Å². The van der Waals surface area contributed by atoms with Crippen molar-refractivity contribution >= 4 is 15.9 Å². The summed E-state index contributed by atoms with van der Waals surface area (Å²) in [7, 11) is -3.93. The lowest BCUT2D eigenvalue weighted by molar-refractivity contribution is -0.126. The Morgan fingerprint density at radius 2 is 1.94 bits per heavy atom. The van der Waals surface area contributed by atoms with E-state index in [1.165, 1.54) is 24.3 Å². The molecule has 0 saturated carbocycles. The number of hydrogen-bond acceptors (Lipinski definition) is 4. The molecule has 0 heterocycles. The average Bonchev–Trinajstić information content (AvgIpc) is 2.27. The van der Waals surface area contributed by atoms with E-state index in [2.05, 4.69) is 0 Å². The molecule has 6 heteroatoms. The number of amides is 1. The predicted octanol–water partition coefficient (Wildman–Crippen LogP) is 1.41. The van der Waals surface area contributed by atoms with Gasteiger partial charge in [-0.05, 0) is 18.2 Å². The molecule has 1 amide bonds. The number of nitrogens with one attached hydrogen (secondary N) is 1. The Morgan fingerprint density at radius 1 is 1.33 bits per heavy atom. The van der Waals surface area contributed by atoms with Gasteiger partial charge >= 0.3 is 0 Å². The molecule has 0 unspecified atom stereocenters. The number of carbonyl (C=O) groups is 1. The number of carbonyl (C=O) groups excluding carboxylic acids is 1. The normalized spacial score (nSPS) is 11.7. The highest BCUT2D eigenvalue weighted by Gasteiger charge is 2.26. The zero-order valence-corrected chi connectivity index (χ0v) is 11.2. The van der Waals surface area contributed by atoms with Crippen LogP contribution in [0.5, 0.6) is 0 Å². The van der Waals surface area contributed by atoms with Crippen LogP contribution in [0.1, 0.15) is 26.3 Å². The molecule has 0 bridgehead atoms. The summed E-state index contributed by atoms with van der Waals surface area (Å²) in [5, 5.41) is 8.71. The second kappa shape index (κ2) is 4.78. The molecule has 0 aliphatic heterocycles. The number of benzene rings is 1. The van der Waals surface area contributed by atoms with Crippen molar-refractivity contribution in [2.45, 2.75) is 25.7 Å². The van der Waals surface area contributed by atoms with Crippen LogP contribution in [0.3, 0.4) is 0 Å². The van der Waals surface area contributed by atoms with Crippen LogP contribution < -0.4 is 4.72 Å². The Labute approximate surface area is 106 Å². The molecule has 0 radical (unpaired) electrons. The molecule has 1 aromatic rings. The lowest BCUT2D eigenvalue weighted by Gasteiger charge is -2.17. The summed E-state index contributed by atoms with van der Waals surface area (Å²) in [5.74, 6) is -0.593. The van der Waals surface area contributed by atoms with Crippen molar-refractivity contribution in [1.29, 1.82) is 5.26 Å². The topological polar surface area (TPSA) is 87.0 Å². The van der Waals surface area contributed by atoms with Gasteiger partial charge in [0.05, 0.1) is 16.5 Å². The van der Waals surface area contributed by atoms with Gasteiger partial charge in [-0.1, -0.05) is 26.8 Å². The second-order valence-corrected chi connectivity index (χ2v) is 6.51. The van der Waals surface area contributed by atoms with E-state index in [9.17, 15) is 13.2 Å². The Kier molecular flexibility index (Phi) is 3.77. The molecule has 0 atom stereocenters. The Morgan fingerprint density at radius 3 is 2.44 bits per heavy atom. The van der Waals surface area contributed by atoms with Crippen LogP contribution in [-0.2, 0) is 14.8 Å². The van der Waals surface area contributed by atoms with Gasteiger partial charge in [0.2, 0.25) is 5.91 Å². The van der Waals surface area contributed by atoms with Crippen LogP contribution in [0, 0.1) is 16.7 Å². The molecule has 0 spiro atoms. The maximum absolute atomic E-state index is 11.9. The van der Waals surface area contributed by atoms with Gasteiger partial charge in [-0.25, -0.2) is 13.1 Å². The predicted molar refractivity (Wildman–Crippen MR) is 65.9 cm³/mol. The van der Waals surface area contributed by atoms with Gasteiger partial charge in [0, 0.05) is 5.41 Å². The Balaban J connectivity index is 3.08. The molecule has 18 heavy (non-hydrogen) atoms. The first-order chi connectivity index (χ1) is 8.16. The fraction of sp³-hybridized carbons (Fsp3) is 0.333. The standard InChI is InChI=1S/C12H14N2O3S/c1-12(2,3)11(15)14-18(16,17)10-6-4-5-9(7-10)8-13/h4-7H,1-3H3,(H,14,15). The van der Waals surface area contributed by atoms with E-state index in [1.54, 1.807) is 20.8 Å². The molecule has 5 nitrogen and oxygen atoms in total. The number of nitriles is 1. The molecule has 0 aliphatic rings. The summed E-state index contributed by atoms with van der Waals surface area (Å²) in [5.41, 5.74) is -0.582. The third kappa shape index (κ3) is 3.31. The first-order valence-corrected chi connectivity index (χ1v) is 6.72. The van der Waals surface area contributed by atoms with Gasteiger partial charge in [-0.3, -0.25) is 4.79 Å². The minimum atomic E-state index is -3.93. The van der Waals surface area contributed by atoms with Gasteiger partial charge in [-0.2, -0.15) is 5.26 Å². The number of rotatable bonds is 2. The van der Waals surface area contributed by atoms with Crippen molar-refractivity contribution < 1.29 is 13.2 Å². The van der Waals surface area contributed by atoms with Crippen molar-refractivity contribution in [3.8, 4) is 6.07 Å². The summed E-state index contributed by atoms with van der Waals surface area (Å²) in [6.07, 6.45) is 0. The monoisotopic (exact) mass is 266 g/mol. The fourth-order valence-electron chi connectivity index (χ4n) is 1.07. The van der Waals surface area contributed by atoms with E-state index in [1.807, 2.05) is 10.8 Å². The number of nitrogens with zero attached hydrogens (tertiary/aromatic N) is 1. The summed E-state index contributed by atoms with van der Waals surface area (Å²) >= 11 is 0. The quantitative estimate of drug-likeness (QED) is 0.876. The molecule has 1 N–H and O–H groups in total. The molecule has 1 rings (SSSR count). The van der Waals surface area contributed by atoms with Crippen molar-refractivity contribution in [3.63, 3.8) is 0 Å². The number of sulfonamides is 1. The van der Waals surface area contributed by atoms with Crippen molar-refractivity contribution in [3.05, 3.63) is 29.8 Å². The molecule has 0 aliphatic carbocycles. The van der Waals surface area contributed by atoms with Crippen LogP contribution >= 0.6 is 0 Å².